The number of carbonyl (C=O) groups is 1. The minimum atomic E-state index is -0.421. The Balaban J connectivity index is 1.92. The van der Waals surface area contributed by atoms with E-state index in [-0.39, 0.29) is 18.8 Å². The molecule has 0 amide bonds. The van der Waals surface area contributed by atoms with Gasteiger partial charge in [0.15, 0.2) is 5.78 Å². The summed E-state index contributed by atoms with van der Waals surface area (Å²) < 4.78 is 18.4. The summed E-state index contributed by atoms with van der Waals surface area (Å²) in [4.78, 5) is 11.8. The van der Waals surface area contributed by atoms with Crippen molar-refractivity contribution in [1.82, 2.24) is 0 Å². The highest BCUT2D eigenvalue weighted by Gasteiger charge is 2.09. The van der Waals surface area contributed by atoms with E-state index in [1.54, 1.807) is 24.3 Å². The van der Waals surface area contributed by atoms with Gasteiger partial charge in [-0.15, -0.1) is 0 Å². The minimum Gasteiger partial charge on any atom is -0.486 e. The number of benzene rings is 2. The van der Waals surface area contributed by atoms with Crippen molar-refractivity contribution >= 4 is 29.0 Å². The van der Waals surface area contributed by atoms with E-state index in [4.69, 9.17) is 27.9 Å². The fraction of sp³-hybridized carbons (Fsp3) is 0.133. The van der Waals surface area contributed by atoms with Crippen LogP contribution in [0.5, 0.6) is 5.75 Å². The Labute approximate surface area is 126 Å². The molecule has 0 N–H and O–H groups in total. The molecule has 0 radical (unpaired) electrons. The largest absolute Gasteiger partial charge is 0.486 e. The molecular weight excluding hydrogens is 302 g/mol. The SMILES string of the molecule is O=C(COc1ccc(Cl)cc1)Cc1cc(F)ccc1Cl. The van der Waals surface area contributed by atoms with Crippen LogP contribution in [0.15, 0.2) is 42.5 Å². The van der Waals surface area contributed by atoms with Crippen LogP contribution in [0.2, 0.25) is 10.0 Å². The lowest BCUT2D eigenvalue weighted by Gasteiger charge is -2.07. The van der Waals surface area contributed by atoms with E-state index in [1.807, 2.05) is 0 Å². The summed E-state index contributed by atoms with van der Waals surface area (Å²) in [5.74, 6) is -0.0589. The average molecular weight is 313 g/mol. The van der Waals surface area contributed by atoms with Crippen LogP contribution in [0, 0.1) is 5.82 Å². The quantitative estimate of drug-likeness (QED) is 0.821. The third kappa shape index (κ3) is 4.22. The Hall–Kier alpha value is -1.58. The second-order valence-corrected chi connectivity index (χ2v) is 5.04. The third-order valence-electron chi connectivity index (χ3n) is 2.61. The van der Waals surface area contributed by atoms with Crippen LogP contribution < -0.4 is 4.74 Å². The molecule has 0 aliphatic carbocycles. The molecule has 0 fully saturated rings. The van der Waals surface area contributed by atoms with Crippen LogP contribution in [-0.2, 0) is 11.2 Å². The fourth-order valence-electron chi connectivity index (χ4n) is 1.64. The highest BCUT2D eigenvalue weighted by Crippen LogP contribution is 2.19. The Bertz CT molecular complexity index is 612. The van der Waals surface area contributed by atoms with E-state index < -0.39 is 5.82 Å². The fourth-order valence-corrected chi connectivity index (χ4v) is 1.95. The van der Waals surface area contributed by atoms with E-state index in [0.717, 1.165) is 0 Å². The molecule has 0 saturated heterocycles. The minimum absolute atomic E-state index is 0.0319. The zero-order valence-corrected chi connectivity index (χ0v) is 11.9. The third-order valence-corrected chi connectivity index (χ3v) is 3.23. The standard InChI is InChI=1S/C15H11Cl2FO2/c16-11-1-4-14(5-2-11)20-9-13(19)8-10-7-12(18)3-6-15(10)17/h1-7H,8-9H2. The maximum absolute atomic E-state index is 13.1. The lowest BCUT2D eigenvalue weighted by molar-refractivity contribution is -0.120. The zero-order valence-electron chi connectivity index (χ0n) is 10.4. The number of hydrogen-bond donors (Lipinski definition) is 0. The Kier molecular flexibility index (Phi) is 4.99. The van der Waals surface area contributed by atoms with Crippen LogP contribution in [0.4, 0.5) is 4.39 Å². The zero-order chi connectivity index (χ0) is 14.5. The van der Waals surface area contributed by atoms with Crippen molar-refractivity contribution in [1.29, 1.82) is 0 Å². The molecule has 0 heterocycles. The molecule has 0 atom stereocenters. The first-order valence-corrected chi connectivity index (χ1v) is 6.64. The summed E-state index contributed by atoms with van der Waals surface area (Å²) in [5, 5.41) is 0.960. The van der Waals surface area contributed by atoms with Crippen molar-refractivity contribution in [2.45, 2.75) is 6.42 Å². The Morgan fingerprint density at radius 3 is 2.50 bits per heavy atom. The van der Waals surface area contributed by atoms with Gasteiger partial charge >= 0.3 is 0 Å². The van der Waals surface area contributed by atoms with Gasteiger partial charge in [0.25, 0.3) is 0 Å². The number of rotatable bonds is 5. The van der Waals surface area contributed by atoms with Crippen molar-refractivity contribution in [3.63, 3.8) is 0 Å². The lowest BCUT2D eigenvalue weighted by Crippen LogP contribution is -2.14. The molecule has 2 aromatic rings. The summed E-state index contributed by atoms with van der Waals surface area (Å²) in [5.41, 5.74) is 0.455. The van der Waals surface area contributed by atoms with Crippen molar-refractivity contribution < 1.29 is 13.9 Å². The van der Waals surface area contributed by atoms with Gasteiger partial charge < -0.3 is 4.74 Å². The van der Waals surface area contributed by atoms with Gasteiger partial charge in [-0.2, -0.15) is 0 Å². The van der Waals surface area contributed by atoms with Crippen LogP contribution in [-0.4, -0.2) is 12.4 Å². The summed E-state index contributed by atoms with van der Waals surface area (Å²) in [6.07, 6.45) is 0.0319. The number of halogens is 3. The smallest absolute Gasteiger partial charge is 0.174 e. The Morgan fingerprint density at radius 2 is 1.80 bits per heavy atom. The molecule has 5 heteroatoms. The lowest BCUT2D eigenvalue weighted by atomic mass is 10.1. The number of ketones is 1. The van der Waals surface area contributed by atoms with E-state index in [1.165, 1.54) is 18.2 Å². The Morgan fingerprint density at radius 1 is 1.10 bits per heavy atom. The topological polar surface area (TPSA) is 26.3 Å². The van der Waals surface area contributed by atoms with Crippen LogP contribution in [0.25, 0.3) is 0 Å². The van der Waals surface area contributed by atoms with Gasteiger partial charge in [0.2, 0.25) is 0 Å². The van der Waals surface area contributed by atoms with Gasteiger partial charge in [-0.25, -0.2) is 4.39 Å². The highest BCUT2D eigenvalue weighted by molar-refractivity contribution is 6.31. The second-order valence-electron chi connectivity index (χ2n) is 4.19. The molecule has 0 aliphatic heterocycles. The van der Waals surface area contributed by atoms with Crippen molar-refractivity contribution in [2.24, 2.45) is 0 Å². The molecule has 0 aliphatic rings. The summed E-state index contributed by atoms with van der Waals surface area (Å²) in [7, 11) is 0. The van der Waals surface area contributed by atoms with Gasteiger partial charge in [-0.05, 0) is 48.0 Å². The summed E-state index contributed by atoms with van der Waals surface area (Å²) in [6.45, 7) is -0.103. The highest BCUT2D eigenvalue weighted by atomic mass is 35.5. The molecule has 2 aromatic carbocycles. The van der Waals surface area contributed by atoms with Crippen LogP contribution in [0.1, 0.15) is 5.56 Å². The molecule has 0 spiro atoms. The van der Waals surface area contributed by atoms with Gasteiger partial charge in [0.05, 0.1) is 0 Å². The summed E-state index contributed by atoms with van der Waals surface area (Å²) in [6, 6.07) is 10.6. The molecule has 0 bridgehead atoms. The molecular formula is C15H11Cl2FO2. The molecule has 20 heavy (non-hydrogen) atoms. The predicted octanol–water partition coefficient (Wildman–Crippen LogP) is 4.32. The number of carbonyl (C=O) groups excluding carboxylic acids is 1. The maximum Gasteiger partial charge on any atom is 0.174 e. The van der Waals surface area contributed by atoms with E-state index in [0.29, 0.717) is 21.4 Å². The molecule has 0 aromatic heterocycles. The van der Waals surface area contributed by atoms with Crippen molar-refractivity contribution in [2.75, 3.05) is 6.61 Å². The molecule has 2 nitrogen and oxygen atoms in total. The van der Waals surface area contributed by atoms with E-state index in [2.05, 4.69) is 0 Å². The van der Waals surface area contributed by atoms with Gasteiger partial charge in [0.1, 0.15) is 18.2 Å². The normalized spacial score (nSPS) is 10.3. The molecule has 104 valence electrons. The first-order chi connectivity index (χ1) is 9.54. The van der Waals surface area contributed by atoms with Gasteiger partial charge in [-0.3, -0.25) is 4.79 Å². The monoisotopic (exact) mass is 312 g/mol. The van der Waals surface area contributed by atoms with Crippen molar-refractivity contribution in [3.8, 4) is 5.75 Å². The number of Topliss-reactive ketones (excluding diaryl/α,β-unsaturated/α-hetero) is 1. The van der Waals surface area contributed by atoms with Crippen LogP contribution >= 0.6 is 23.2 Å². The summed E-state index contributed by atoms with van der Waals surface area (Å²) >= 11 is 11.6. The van der Waals surface area contributed by atoms with Crippen molar-refractivity contribution in [3.05, 3.63) is 63.9 Å². The molecule has 0 unspecified atom stereocenters. The van der Waals surface area contributed by atoms with Gasteiger partial charge in [-0.1, -0.05) is 23.2 Å². The number of hydrogen-bond acceptors (Lipinski definition) is 2. The van der Waals surface area contributed by atoms with E-state index in [9.17, 15) is 9.18 Å². The van der Waals surface area contributed by atoms with Crippen LogP contribution in [0.3, 0.4) is 0 Å². The first-order valence-electron chi connectivity index (χ1n) is 5.88. The molecule has 0 saturated carbocycles. The molecule has 2 rings (SSSR count). The number of ether oxygens (including phenoxy) is 1. The maximum atomic E-state index is 13.1. The average Bonchev–Trinajstić information content (AvgIpc) is 2.42. The second kappa shape index (κ2) is 6.73. The van der Waals surface area contributed by atoms with Gasteiger partial charge in [0, 0.05) is 16.5 Å². The predicted molar refractivity (Wildman–Crippen MR) is 77.1 cm³/mol. The first kappa shape index (κ1) is 14.8. The van der Waals surface area contributed by atoms with E-state index >= 15 is 0 Å².